The molecule has 17 heavy (non-hydrogen) atoms. The van der Waals surface area contributed by atoms with Gasteiger partial charge in [0.25, 0.3) is 5.91 Å². The first-order valence-electron chi connectivity index (χ1n) is 5.03. The number of rotatable bonds is 2. The maximum atomic E-state index is 13.1. The van der Waals surface area contributed by atoms with Crippen LogP contribution in [0, 0.1) is 5.82 Å². The zero-order valence-corrected chi connectivity index (χ0v) is 9.14. The second-order valence-corrected chi connectivity index (χ2v) is 3.56. The Kier molecular flexibility index (Phi) is 3.06. The minimum absolute atomic E-state index is 0.125. The van der Waals surface area contributed by atoms with Crippen molar-refractivity contribution in [3.63, 3.8) is 0 Å². The molecule has 0 aliphatic carbocycles. The fourth-order valence-corrected chi connectivity index (χ4v) is 1.63. The Morgan fingerprint density at radius 3 is 2.88 bits per heavy atom. The molecule has 1 aromatic rings. The van der Waals surface area contributed by atoms with Crippen LogP contribution < -0.4 is 10.2 Å². The number of hydrogen-bond acceptors (Lipinski definition) is 3. The van der Waals surface area contributed by atoms with Crippen LogP contribution in [0.5, 0.6) is 0 Å². The summed E-state index contributed by atoms with van der Waals surface area (Å²) < 4.78 is 18.0. The van der Waals surface area contributed by atoms with Gasteiger partial charge in [-0.15, -0.1) is 0 Å². The lowest BCUT2D eigenvalue weighted by Crippen LogP contribution is -2.58. The molecule has 2 rings (SSSR count). The Balaban J connectivity index is 2.34. The number of carbonyl (C=O) groups excluding carboxylic acids is 2. The molecule has 6 heteroatoms. The molecule has 1 aliphatic rings. The average Bonchev–Trinajstić information content (AvgIpc) is 2.29. The summed E-state index contributed by atoms with van der Waals surface area (Å²) in [6, 6.07) is 4.70. The number of nitrogens with zero attached hydrogens (tertiary/aromatic N) is 1. The van der Waals surface area contributed by atoms with Crippen LogP contribution in [-0.2, 0) is 9.53 Å². The molecule has 0 bridgehead atoms. The van der Waals surface area contributed by atoms with Gasteiger partial charge in [0, 0.05) is 7.11 Å². The maximum Gasteiger partial charge on any atom is 0.328 e. The standard InChI is InChI=1S/C11H11FN2O3/c1-17-9-6-13-11(16)14(10(9)15)8-4-2-3-7(12)5-8/h2-5,9H,6H2,1H3,(H,13,16). The number of amides is 3. The summed E-state index contributed by atoms with van der Waals surface area (Å²) in [5.41, 5.74) is 0.189. The highest BCUT2D eigenvalue weighted by molar-refractivity contribution is 6.17. The summed E-state index contributed by atoms with van der Waals surface area (Å²) in [6.07, 6.45) is -0.740. The highest BCUT2D eigenvalue weighted by Crippen LogP contribution is 2.19. The first-order chi connectivity index (χ1) is 8.13. The maximum absolute atomic E-state index is 13.1. The van der Waals surface area contributed by atoms with Crippen molar-refractivity contribution >= 4 is 17.6 Å². The van der Waals surface area contributed by atoms with E-state index in [9.17, 15) is 14.0 Å². The van der Waals surface area contributed by atoms with E-state index < -0.39 is 23.9 Å². The Morgan fingerprint density at radius 2 is 2.24 bits per heavy atom. The molecule has 0 aromatic heterocycles. The lowest BCUT2D eigenvalue weighted by atomic mass is 10.2. The predicted molar refractivity (Wildman–Crippen MR) is 58.1 cm³/mol. The molecule has 5 nitrogen and oxygen atoms in total. The molecule has 1 N–H and O–H groups in total. The van der Waals surface area contributed by atoms with Gasteiger partial charge in [-0.25, -0.2) is 14.1 Å². The number of urea groups is 1. The Labute approximate surface area is 97.2 Å². The topological polar surface area (TPSA) is 58.6 Å². The van der Waals surface area contributed by atoms with E-state index in [2.05, 4.69) is 5.32 Å². The molecule has 0 radical (unpaired) electrons. The van der Waals surface area contributed by atoms with Crippen LogP contribution in [0.1, 0.15) is 0 Å². The molecule has 1 atom stereocenters. The first kappa shape index (κ1) is 11.5. The van der Waals surface area contributed by atoms with Crippen molar-refractivity contribution in [2.45, 2.75) is 6.10 Å². The molecule has 90 valence electrons. The van der Waals surface area contributed by atoms with E-state index in [1.165, 1.54) is 25.3 Å². The molecule has 1 fully saturated rings. The highest BCUT2D eigenvalue weighted by Gasteiger charge is 2.35. The van der Waals surface area contributed by atoms with E-state index in [1.54, 1.807) is 0 Å². The van der Waals surface area contributed by atoms with Gasteiger partial charge >= 0.3 is 6.03 Å². The molecular formula is C11H11FN2O3. The van der Waals surface area contributed by atoms with E-state index in [4.69, 9.17) is 4.74 Å². The molecule has 1 saturated heterocycles. The van der Waals surface area contributed by atoms with Crippen molar-refractivity contribution in [3.05, 3.63) is 30.1 Å². The van der Waals surface area contributed by atoms with Crippen molar-refractivity contribution < 1.29 is 18.7 Å². The summed E-state index contributed by atoms with van der Waals surface area (Å²) in [4.78, 5) is 24.4. The van der Waals surface area contributed by atoms with Crippen LogP contribution >= 0.6 is 0 Å². The molecule has 1 aliphatic heterocycles. The number of nitrogens with one attached hydrogen (secondary N) is 1. The number of anilines is 1. The van der Waals surface area contributed by atoms with E-state index in [1.807, 2.05) is 0 Å². The fourth-order valence-electron chi connectivity index (χ4n) is 1.63. The number of halogens is 1. The summed E-state index contributed by atoms with van der Waals surface area (Å²) in [6.45, 7) is 0.125. The minimum Gasteiger partial charge on any atom is -0.370 e. The molecule has 1 heterocycles. The van der Waals surface area contributed by atoms with Gasteiger partial charge in [-0.2, -0.15) is 0 Å². The molecule has 0 spiro atoms. The largest absolute Gasteiger partial charge is 0.370 e. The number of ether oxygens (including phenoxy) is 1. The van der Waals surface area contributed by atoms with Gasteiger partial charge in [0.2, 0.25) is 0 Å². The molecular weight excluding hydrogens is 227 g/mol. The summed E-state index contributed by atoms with van der Waals surface area (Å²) in [5, 5.41) is 2.50. The number of hydrogen-bond donors (Lipinski definition) is 1. The van der Waals surface area contributed by atoms with Crippen LogP contribution in [-0.4, -0.2) is 31.7 Å². The first-order valence-corrected chi connectivity index (χ1v) is 5.03. The van der Waals surface area contributed by atoms with Crippen molar-refractivity contribution in [2.24, 2.45) is 0 Å². The second-order valence-electron chi connectivity index (χ2n) is 3.56. The Morgan fingerprint density at radius 1 is 1.47 bits per heavy atom. The van der Waals surface area contributed by atoms with E-state index in [-0.39, 0.29) is 12.2 Å². The summed E-state index contributed by atoms with van der Waals surface area (Å²) in [7, 11) is 1.38. The lowest BCUT2D eigenvalue weighted by Gasteiger charge is -2.30. The highest BCUT2D eigenvalue weighted by atomic mass is 19.1. The Bertz CT molecular complexity index is 464. The van der Waals surface area contributed by atoms with Crippen LogP contribution in [0.3, 0.4) is 0 Å². The van der Waals surface area contributed by atoms with Crippen molar-refractivity contribution in [3.8, 4) is 0 Å². The summed E-state index contributed by atoms with van der Waals surface area (Å²) in [5.74, 6) is -1.01. The quantitative estimate of drug-likeness (QED) is 0.832. The van der Waals surface area contributed by atoms with E-state index in [0.29, 0.717) is 0 Å². The van der Waals surface area contributed by atoms with Gasteiger partial charge in [0.05, 0.1) is 12.2 Å². The number of imide groups is 1. The third-order valence-electron chi connectivity index (χ3n) is 2.49. The van der Waals surface area contributed by atoms with Crippen LogP contribution in [0.2, 0.25) is 0 Å². The zero-order valence-electron chi connectivity index (χ0n) is 9.14. The average molecular weight is 238 g/mol. The lowest BCUT2D eigenvalue weighted by molar-refractivity contribution is -0.128. The second kappa shape index (κ2) is 4.50. The smallest absolute Gasteiger partial charge is 0.328 e. The summed E-state index contributed by atoms with van der Waals surface area (Å²) >= 11 is 0. The van der Waals surface area contributed by atoms with Crippen molar-refractivity contribution in [1.29, 1.82) is 0 Å². The van der Waals surface area contributed by atoms with E-state index in [0.717, 1.165) is 11.0 Å². The van der Waals surface area contributed by atoms with Crippen molar-refractivity contribution in [2.75, 3.05) is 18.6 Å². The normalized spacial score (nSPS) is 20.4. The molecule has 3 amide bonds. The van der Waals surface area contributed by atoms with Crippen LogP contribution in [0.4, 0.5) is 14.9 Å². The van der Waals surface area contributed by atoms with Crippen LogP contribution in [0.15, 0.2) is 24.3 Å². The zero-order chi connectivity index (χ0) is 12.4. The van der Waals surface area contributed by atoms with Gasteiger partial charge in [-0.1, -0.05) is 6.07 Å². The Hall–Kier alpha value is -1.95. The SMILES string of the molecule is COC1CNC(=O)N(c2cccc(F)c2)C1=O. The van der Waals surface area contributed by atoms with Gasteiger partial charge in [0.1, 0.15) is 5.82 Å². The van der Waals surface area contributed by atoms with Gasteiger partial charge in [0.15, 0.2) is 6.10 Å². The van der Waals surface area contributed by atoms with E-state index >= 15 is 0 Å². The van der Waals surface area contributed by atoms with Gasteiger partial charge in [-0.05, 0) is 18.2 Å². The third-order valence-corrected chi connectivity index (χ3v) is 2.49. The number of benzene rings is 1. The van der Waals surface area contributed by atoms with Crippen molar-refractivity contribution in [1.82, 2.24) is 5.32 Å². The fraction of sp³-hybridized carbons (Fsp3) is 0.273. The monoisotopic (exact) mass is 238 g/mol. The number of carbonyl (C=O) groups is 2. The van der Waals surface area contributed by atoms with Gasteiger partial charge < -0.3 is 10.1 Å². The number of methoxy groups -OCH3 is 1. The molecule has 1 unspecified atom stereocenters. The van der Waals surface area contributed by atoms with Gasteiger partial charge in [-0.3, -0.25) is 4.79 Å². The minimum atomic E-state index is -0.740. The molecule has 0 saturated carbocycles. The van der Waals surface area contributed by atoms with Crippen LogP contribution in [0.25, 0.3) is 0 Å². The predicted octanol–water partition coefficient (Wildman–Crippen LogP) is 0.897. The third kappa shape index (κ3) is 2.12. The molecule has 1 aromatic carbocycles.